The molecule has 0 N–H and O–H groups in total. The lowest BCUT2D eigenvalue weighted by molar-refractivity contribution is -0.131. The highest BCUT2D eigenvalue weighted by Crippen LogP contribution is 2.54. The van der Waals surface area contributed by atoms with Gasteiger partial charge in [-0.05, 0) is 43.8 Å². The van der Waals surface area contributed by atoms with Crippen LogP contribution in [0.1, 0.15) is 19.3 Å². The number of nitriles is 1. The van der Waals surface area contributed by atoms with Gasteiger partial charge in [-0.25, -0.2) is 8.78 Å². The Balaban J connectivity index is 1.33. The number of pyridine rings is 1. The molecule has 9 nitrogen and oxygen atoms in total. The van der Waals surface area contributed by atoms with Gasteiger partial charge in [0, 0.05) is 41.8 Å². The third-order valence-electron chi connectivity index (χ3n) is 9.58. The Kier molecular flexibility index (Phi) is 7.29. The van der Waals surface area contributed by atoms with Gasteiger partial charge < -0.3 is 14.5 Å². The number of carbonyl (C=O) groups is 1. The minimum Gasteiger partial charge on any atom is -0.461 e. The highest BCUT2D eigenvalue weighted by Gasteiger charge is 2.61. The Labute approximate surface area is 263 Å². The number of likely N-dealkylation sites (N-methyl/N-ethyl adjacent to an activating group) is 1. The number of fused-ring (bicyclic) bond motifs is 3. The molecule has 0 radical (unpaired) electrons. The number of benzene rings is 2. The summed E-state index contributed by atoms with van der Waals surface area (Å²) >= 11 is 6.57. The molecule has 45 heavy (non-hydrogen) atoms. The molecule has 0 bridgehead atoms. The maximum absolute atomic E-state index is 16.7. The SMILES string of the molecule is C=C(F)C(=O)N1CCN(c2nc(OCC34CC3CCN4C)nc3c(F)c(-c4cccc5cccc(Cl)c45)ncc23)C[C@@H]1CC#N. The maximum atomic E-state index is 16.7. The predicted octanol–water partition coefficient (Wildman–Crippen LogP) is 5.52. The molecular weight excluding hydrogens is 600 g/mol. The fourth-order valence-electron chi connectivity index (χ4n) is 7.01. The second-order valence-corrected chi connectivity index (χ2v) is 12.4. The van der Waals surface area contributed by atoms with E-state index in [1.54, 1.807) is 12.1 Å². The number of rotatable bonds is 7. The largest absolute Gasteiger partial charge is 0.461 e. The number of hydrogen-bond acceptors (Lipinski definition) is 8. The molecule has 7 rings (SSSR count). The molecule has 3 fully saturated rings. The summed E-state index contributed by atoms with van der Waals surface area (Å²) in [5, 5.41) is 11.8. The molecule has 2 saturated heterocycles. The summed E-state index contributed by atoms with van der Waals surface area (Å²) in [6.07, 6.45) is 3.63. The quantitative estimate of drug-likeness (QED) is 0.246. The van der Waals surface area contributed by atoms with E-state index < -0.39 is 23.6 Å². The fourth-order valence-corrected chi connectivity index (χ4v) is 7.30. The van der Waals surface area contributed by atoms with Crippen LogP contribution in [0.2, 0.25) is 5.02 Å². The van der Waals surface area contributed by atoms with Gasteiger partial charge in [0.1, 0.15) is 23.6 Å². The van der Waals surface area contributed by atoms with Crippen LogP contribution < -0.4 is 9.64 Å². The average Bonchev–Trinajstić information content (AvgIpc) is 3.68. The second-order valence-electron chi connectivity index (χ2n) is 12.0. The zero-order chi connectivity index (χ0) is 31.5. The van der Waals surface area contributed by atoms with Gasteiger partial charge in [-0.2, -0.15) is 15.2 Å². The molecule has 1 aliphatic carbocycles. The van der Waals surface area contributed by atoms with Crippen LogP contribution in [0.3, 0.4) is 0 Å². The van der Waals surface area contributed by atoms with Crippen molar-refractivity contribution in [2.24, 2.45) is 5.92 Å². The lowest BCUT2D eigenvalue weighted by Crippen LogP contribution is -2.55. The summed E-state index contributed by atoms with van der Waals surface area (Å²) < 4.78 is 36.7. The lowest BCUT2D eigenvalue weighted by Gasteiger charge is -2.41. The minimum atomic E-state index is -1.09. The maximum Gasteiger partial charge on any atom is 0.319 e. The van der Waals surface area contributed by atoms with Gasteiger partial charge in [0.2, 0.25) is 0 Å². The zero-order valence-corrected chi connectivity index (χ0v) is 25.4. The van der Waals surface area contributed by atoms with Crippen LogP contribution in [-0.2, 0) is 4.79 Å². The summed E-state index contributed by atoms with van der Waals surface area (Å²) in [5.41, 5.74) is 0.576. The monoisotopic (exact) mass is 629 g/mol. The first kappa shape index (κ1) is 29.3. The second kappa shape index (κ2) is 11.2. The van der Waals surface area contributed by atoms with E-state index in [-0.39, 0.29) is 48.8 Å². The van der Waals surface area contributed by atoms with Crippen molar-refractivity contribution in [2.75, 3.05) is 44.7 Å². The zero-order valence-electron chi connectivity index (χ0n) is 24.6. The molecule has 3 atom stereocenters. The van der Waals surface area contributed by atoms with E-state index in [2.05, 4.69) is 34.6 Å². The van der Waals surface area contributed by atoms with E-state index in [9.17, 15) is 14.4 Å². The number of piperazine rings is 1. The van der Waals surface area contributed by atoms with E-state index in [0.29, 0.717) is 39.7 Å². The Hall–Kier alpha value is -4.40. The molecule has 12 heteroatoms. The number of likely N-dealkylation sites (tertiary alicyclic amines) is 1. The fraction of sp³-hybridized carbons (Fsp3) is 0.364. The molecule has 1 amide bonds. The number of hydrogen-bond donors (Lipinski definition) is 0. The number of ether oxygens (including phenoxy) is 1. The number of halogens is 3. The minimum absolute atomic E-state index is 0.0253. The van der Waals surface area contributed by atoms with Crippen LogP contribution in [-0.4, -0.2) is 82.1 Å². The van der Waals surface area contributed by atoms with E-state index in [4.69, 9.17) is 21.3 Å². The molecule has 2 aliphatic heterocycles. The summed E-state index contributed by atoms with van der Waals surface area (Å²) in [6.45, 7) is 5.03. The lowest BCUT2D eigenvalue weighted by atomic mass is 10.0. The molecule has 2 unspecified atom stereocenters. The number of aromatic nitrogens is 3. The van der Waals surface area contributed by atoms with Crippen LogP contribution in [0.5, 0.6) is 6.01 Å². The highest BCUT2D eigenvalue weighted by atomic mass is 35.5. The predicted molar refractivity (Wildman–Crippen MR) is 167 cm³/mol. The molecule has 4 aromatic rings. The van der Waals surface area contributed by atoms with Gasteiger partial charge in [-0.3, -0.25) is 14.7 Å². The van der Waals surface area contributed by atoms with Gasteiger partial charge in [0.25, 0.3) is 5.91 Å². The standard InChI is InChI=1S/C33H30ClF2N7O2/c1-19(35)31(44)43-14-13-42(17-22(43)9-11-37)30-24-16-38-28(23-7-3-5-20-6-4-8-25(34)26(20)23)27(36)29(24)39-32(40-30)45-18-33-15-21(33)10-12-41(33)2/h3-8,16,21-22H,1,9-10,12-15,17-18H2,2H3/t21?,22-,33?/m0/s1. The van der Waals surface area contributed by atoms with Gasteiger partial charge in [-0.1, -0.05) is 48.5 Å². The Morgan fingerprint density at radius 3 is 2.73 bits per heavy atom. The van der Waals surface area contributed by atoms with E-state index in [0.717, 1.165) is 24.8 Å². The molecule has 2 aromatic carbocycles. The number of piperidine rings is 1. The van der Waals surface area contributed by atoms with Crippen molar-refractivity contribution in [3.63, 3.8) is 0 Å². The van der Waals surface area contributed by atoms with Crippen LogP contribution in [0, 0.1) is 23.1 Å². The first-order valence-electron chi connectivity index (χ1n) is 14.9. The Morgan fingerprint density at radius 1 is 1.22 bits per heavy atom. The van der Waals surface area contributed by atoms with Crippen molar-refractivity contribution in [1.82, 2.24) is 24.8 Å². The van der Waals surface area contributed by atoms with Crippen molar-refractivity contribution in [2.45, 2.75) is 30.8 Å². The van der Waals surface area contributed by atoms with Gasteiger partial charge in [-0.15, -0.1) is 0 Å². The third-order valence-corrected chi connectivity index (χ3v) is 9.89. The number of anilines is 1. The van der Waals surface area contributed by atoms with E-state index >= 15 is 4.39 Å². The Bertz CT molecular complexity index is 1910. The number of nitrogens with zero attached hydrogens (tertiary/aromatic N) is 7. The highest BCUT2D eigenvalue weighted by molar-refractivity contribution is 6.36. The molecule has 3 aliphatic rings. The summed E-state index contributed by atoms with van der Waals surface area (Å²) in [6, 6.07) is 12.5. The molecule has 0 spiro atoms. The van der Waals surface area contributed by atoms with E-state index in [1.807, 2.05) is 29.2 Å². The van der Waals surface area contributed by atoms with Crippen LogP contribution in [0.15, 0.2) is 55.0 Å². The third kappa shape index (κ3) is 4.93. The van der Waals surface area contributed by atoms with Crippen LogP contribution >= 0.6 is 11.6 Å². The van der Waals surface area contributed by atoms with Crippen molar-refractivity contribution < 1.29 is 18.3 Å². The summed E-state index contributed by atoms with van der Waals surface area (Å²) in [7, 11) is 2.08. The molecular formula is C33H30ClF2N7O2. The number of carbonyl (C=O) groups excluding carboxylic acids is 1. The van der Waals surface area contributed by atoms with Gasteiger partial charge in [0.05, 0.1) is 29.5 Å². The van der Waals surface area contributed by atoms with Crippen LogP contribution in [0.25, 0.3) is 32.9 Å². The van der Waals surface area contributed by atoms with Crippen LogP contribution in [0.4, 0.5) is 14.6 Å². The molecule has 1 saturated carbocycles. The van der Waals surface area contributed by atoms with Crippen molar-refractivity contribution >= 4 is 45.0 Å². The first-order chi connectivity index (χ1) is 21.7. The molecule has 230 valence electrons. The normalized spacial score (nSPS) is 22.8. The van der Waals surface area contributed by atoms with E-state index in [1.165, 1.54) is 11.1 Å². The molecule has 4 heterocycles. The topological polar surface area (TPSA) is 98.5 Å². The van der Waals surface area contributed by atoms with Crippen molar-refractivity contribution in [1.29, 1.82) is 5.26 Å². The first-order valence-corrected chi connectivity index (χ1v) is 15.2. The number of amides is 1. The van der Waals surface area contributed by atoms with Crippen molar-refractivity contribution in [3.8, 4) is 23.3 Å². The Morgan fingerprint density at radius 2 is 2.02 bits per heavy atom. The summed E-state index contributed by atoms with van der Waals surface area (Å²) in [5.74, 6) is -1.67. The van der Waals surface area contributed by atoms with Crippen molar-refractivity contribution in [3.05, 3.63) is 65.8 Å². The smallest absolute Gasteiger partial charge is 0.319 e. The van der Waals surface area contributed by atoms with Gasteiger partial charge in [0.15, 0.2) is 11.6 Å². The average molecular weight is 630 g/mol. The summed E-state index contributed by atoms with van der Waals surface area (Å²) in [4.78, 5) is 31.8. The van der Waals surface area contributed by atoms with Gasteiger partial charge >= 0.3 is 6.01 Å². The molecule has 2 aromatic heterocycles.